The van der Waals surface area contributed by atoms with E-state index in [0.717, 1.165) is 24.0 Å². The molecule has 1 aromatic heterocycles. The van der Waals surface area contributed by atoms with Crippen molar-refractivity contribution in [2.24, 2.45) is 0 Å². The van der Waals surface area contributed by atoms with Gasteiger partial charge in [-0.25, -0.2) is 4.98 Å². The summed E-state index contributed by atoms with van der Waals surface area (Å²) >= 11 is 7.31. The van der Waals surface area contributed by atoms with Gasteiger partial charge in [-0.1, -0.05) is 42.4 Å². The zero-order chi connectivity index (χ0) is 20.1. The van der Waals surface area contributed by atoms with Crippen LogP contribution in [0.3, 0.4) is 0 Å². The highest BCUT2D eigenvalue weighted by atomic mass is 35.5. The molecule has 28 heavy (non-hydrogen) atoms. The maximum atomic E-state index is 12.5. The molecule has 0 aliphatic heterocycles. The summed E-state index contributed by atoms with van der Waals surface area (Å²) in [6.07, 6.45) is 0.909. The summed E-state index contributed by atoms with van der Waals surface area (Å²) in [6, 6.07) is 11.6. The highest BCUT2D eigenvalue weighted by molar-refractivity contribution is 7.99. The normalized spacial score (nSPS) is 11.2. The number of fused-ring (bicyclic) bond motifs is 1. The SMILES string of the molecule is CCCn1c(SCC(=O)Nc2ccccc2OC(F)F)nc2cc(Cl)ccc21. The quantitative estimate of drug-likeness (QED) is 0.489. The number of hydrogen-bond acceptors (Lipinski definition) is 4. The average molecular weight is 426 g/mol. The van der Waals surface area contributed by atoms with Crippen LogP contribution < -0.4 is 10.1 Å². The molecule has 3 aromatic rings. The average Bonchev–Trinajstić information content (AvgIpc) is 2.98. The molecular formula is C19H18ClF2N3O2S. The molecule has 0 unspecified atom stereocenters. The minimum atomic E-state index is -2.96. The van der Waals surface area contributed by atoms with Crippen molar-refractivity contribution in [3.8, 4) is 5.75 Å². The summed E-state index contributed by atoms with van der Waals surface area (Å²) in [7, 11) is 0. The van der Waals surface area contributed by atoms with Crippen LogP contribution in [0.5, 0.6) is 5.75 Å². The fourth-order valence-electron chi connectivity index (χ4n) is 2.72. The first kappa shape index (κ1) is 20.4. The lowest BCUT2D eigenvalue weighted by atomic mass is 10.3. The summed E-state index contributed by atoms with van der Waals surface area (Å²) in [5.74, 6) is -0.351. The first-order valence-corrected chi connectivity index (χ1v) is 9.96. The first-order valence-electron chi connectivity index (χ1n) is 8.60. The lowest BCUT2D eigenvalue weighted by Crippen LogP contribution is -2.16. The van der Waals surface area contributed by atoms with Gasteiger partial charge in [-0.2, -0.15) is 8.78 Å². The smallest absolute Gasteiger partial charge is 0.387 e. The maximum Gasteiger partial charge on any atom is 0.387 e. The fourth-order valence-corrected chi connectivity index (χ4v) is 3.72. The van der Waals surface area contributed by atoms with E-state index in [9.17, 15) is 13.6 Å². The summed E-state index contributed by atoms with van der Waals surface area (Å²) in [6.45, 7) is -0.149. The fraction of sp³-hybridized carbons (Fsp3) is 0.263. The molecule has 0 radical (unpaired) electrons. The second-order valence-electron chi connectivity index (χ2n) is 5.89. The topological polar surface area (TPSA) is 56.2 Å². The maximum absolute atomic E-state index is 12.5. The summed E-state index contributed by atoms with van der Waals surface area (Å²) in [5.41, 5.74) is 1.91. The number of imidazole rings is 1. The molecule has 1 N–H and O–H groups in total. The molecule has 1 amide bonds. The van der Waals surface area contributed by atoms with Crippen LogP contribution >= 0.6 is 23.4 Å². The van der Waals surface area contributed by atoms with E-state index < -0.39 is 6.61 Å². The van der Waals surface area contributed by atoms with E-state index in [1.807, 2.05) is 10.6 Å². The van der Waals surface area contributed by atoms with Crippen molar-refractivity contribution in [2.45, 2.75) is 31.7 Å². The Bertz CT molecular complexity index is 981. The lowest BCUT2D eigenvalue weighted by Gasteiger charge is -2.11. The van der Waals surface area contributed by atoms with E-state index in [4.69, 9.17) is 11.6 Å². The van der Waals surface area contributed by atoms with Crippen molar-refractivity contribution in [1.29, 1.82) is 0 Å². The van der Waals surface area contributed by atoms with Crippen molar-refractivity contribution < 1.29 is 18.3 Å². The number of thioether (sulfide) groups is 1. The van der Waals surface area contributed by atoms with Gasteiger partial charge >= 0.3 is 6.61 Å². The van der Waals surface area contributed by atoms with Gasteiger partial charge in [-0.3, -0.25) is 4.79 Å². The van der Waals surface area contributed by atoms with Gasteiger partial charge in [0.1, 0.15) is 5.75 Å². The number of anilines is 1. The molecule has 3 rings (SSSR count). The predicted octanol–water partition coefficient (Wildman–Crippen LogP) is 5.43. The molecule has 0 aliphatic carbocycles. The number of rotatable bonds is 8. The highest BCUT2D eigenvalue weighted by Gasteiger charge is 2.15. The summed E-state index contributed by atoms with van der Waals surface area (Å²) < 4.78 is 31.5. The lowest BCUT2D eigenvalue weighted by molar-refractivity contribution is -0.113. The van der Waals surface area contributed by atoms with E-state index in [1.165, 1.54) is 23.9 Å². The number of halogens is 3. The first-order chi connectivity index (χ1) is 13.5. The minimum absolute atomic E-state index is 0.0732. The number of ether oxygens (including phenoxy) is 1. The van der Waals surface area contributed by atoms with Gasteiger partial charge in [0, 0.05) is 11.6 Å². The molecule has 0 bridgehead atoms. The Labute approximate surface area is 170 Å². The number of carbonyl (C=O) groups is 1. The van der Waals surface area contributed by atoms with Gasteiger partial charge in [0.05, 0.1) is 22.5 Å². The number of alkyl halides is 2. The second kappa shape index (κ2) is 9.25. The zero-order valence-corrected chi connectivity index (χ0v) is 16.6. The minimum Gasteiger partial charge on any atom is -0.433 e. The molecule has 2 aromatic carbocycles. The predicted molar refractivity (Wildman–Crippen MR) is 107 cm³/mol. The standard InChI is InChI=1S/C19H18ClF2N3O2S/c1-2-9-25-15-8-7-12(20)10-14(15)24-19(25)28-11-17(26)23-13-5-3-4-6-16(13)27-18(21)22/h3-8,10,18H,2,9,11H2,1H3,(H,23,26). The molecule has 0 fully saturated rings. The van der Waals surface area contributed by atoms with Crippen molar-refractivity contribution in [3.05, 3.63) is 47.5 Å². The van der Waals surface area contributed by atoms with Gasteiger partial charge in [0.25, 0.3) is 0 Å². The van der Waals surface area contributed by atoms with Crippen LogP contribution in [0.25, 0.3) is 11.0 Å². The molecule has 0 saturated carbocycles. The van der Waals surface area contributed by atoms with Gasteiger partial charge in [-0.05, 0) is 36.8 Å². The third-order valence-corrected chi connectivity index (χ3v) is 5.04. The third-order valence-electron chi connectivity index (χ3n) is 3.83. The molecule has 1 heterocycles. The Morgan fingerprint density at radius 3 is 2.86 bits per heavy atom. The van der Waals surface area contributed by atoms with Crippen molar-refractivity contribution in [1.82, 2.24) is 9.55 Å². The number of nitrogens with zero attached hydrogens (tertiary/aromatic N) is 2. The van der Waals surface area contributed by atoms with E-state index in [-0.39, 0.29) is 23.1 Å². The van der Waals surface area contributed by atoms with Crippen LogP contribution in [0.4, 0.5) is 14.5 Å². The van der Waals surface area contributed by atoms with Gasteiger partial charge < -0.3 is 14.6 Å². The molecule has 0 aliphatic rings. The Morgan fingerprint density at radius 1 is 1.32 bits per heavy atom. The molecule has 0 atom stereocenters. The van der Waals surface area contributed by atoms with E-state index in [0.29, 0.717) is 10.2 Å². The van der Waals surface area contributed by atoms with Gasteiger partial charge in [-0.15, -0.1) is 0 Å². The summed E-state index contributed by atoms with van der Waals surface area (Å²) in [4.78, 5) is 16.9. The van der Waals surface area contributed by atoms with Crippen molar-refractivity contribution >= 4 is 46.0 Å². The number of benzene rings is 2. The van der Waals surface area contributed by atoms with Crippen LogP contribution in [0.15, 0.2) is 47.6 Å². The summed E-state index contributed by atoms with van der Waals surface area (Å²) in [5, 5.41) is 3.90. The Hall–Kier alpha value is -2.32. The number of aromatic nitrogens is 2. The van der Waals surface area contributed by atoms with Crippen LogP contribution in [-0.2, 0) is 11.3 Å². The highest BCUT2D eigenvalue weighted by Crippen LogP contribution is 2.28. The van der Waals surface area contributed by atoms with Crippen molar-refractivity contribution in [3.63, 3.8) is 0 Å². The number of para-hydroxylation sites is 2. The van der Waals surface area contributed by atoms with Crippen LogP contribution in [0, 0.1) is 0 Å². The second-order valence-corrected chi connectivity index (χ2v) is 7.27. The van der Waals surface area contributed by atoms with Crippen LogP contribution in [0.1, 0.15) is 13.3 Å². The Balaban J connectivity index is 1.72. The molecule has 148 valence electrons. The molecular weight excluding hydrogens is 408 g/mol. The number of amides is 1. The van der Waals surface area contributed by atoms with Gasteiger partial charge in [0.15, 0.2) is 5.16 Å². The molecule has 5 nitrogen and oxygen atoms in total. The van der Waals surface area contributed by atoms with Gasteiger partial charge in [0.2, 0.25) is 5.91 Å². The number of carbonyl (C=O) groups excluding carboxylic acids is 1. The van der Waals surface area contributed by atoms with E-state index >= 15 is 0 Å². The monoisotopic (exact) mass is 425 g/mol. The van der Waals surface area contributed by atoms with Crippen LogP contribution in [0.2, 0.25) is 5.02 Å². The van der Waals surface area contributed by atoms with Crippen LogP contribution in [-0.4, -0.2) is 27.8 Å². The molecule has 0 saturated heterocycles. The van der Waals surface area contributed by atoms with E-state index in [2.05, 4.69) is 22.0 Å². The Morgan fingerprint density at radius 2 is 2.11 bits per heavy atom. The molecule has 9 heteroatoms. The largest absolute Gasteiger partial charge is 0.433 e. The van der Waals surface area contributed by atoms with Crippen molar-refractivity contribution in [2.75, 3.05) is 11.1 Å². The zero-order valence-electron chi connectivity index (χ0n) is 15.0. The number of aryl methyl sites for hydroxylation is 1. The Kier molecular flexibility index (Phi) is 6.74. The number of nitrogens with one attached hydrogen (secondary N) is 1. The molecule has 0 spiro atoms. The third kappa shape index (κ3) is 4.94. The van der Waals surface area contributed by atoms with E-state index in [1.54, 1.807) is 24.3 Å². The number of hydrogen-bond donors (Lipinski definition) is 1.